The first-order valence-corrected chi connectivity index (χ1v) is 6.40. The summed E-state index contributed by atoms with van der Waals surface area (Å²) in [7, 11) is 0. The molecule has 0 spiro atoms. The van der Waals surface area contributed by atoms with Crippen LogP contribution in [0.25, 0.3) is 0 Å². The fraction of sp³-hybridized carbons (Fsp3) is 0.143. The lowest BCUT2D eigenvalue weighted by Gasteiger charge is -2.10. The van der Waals surface area contributed by atoms with Gasteiger partial charge in [-0.1, -0.05) is 30.7 Å². The predicted octanol–water partition coefficient (Wildman–Crippen LogP) is 4.19. The second-order valence-electron chi connectivity index (χ2n) is 4.17. The van der Waals surface area contributed by atoms with Gasteiger partial charge in [0.2, 0.25) is 0 Å². The first-order chi connectivity index (χ1) is 9.52. The lowest BCUT2D eigenvalue weighted by Crippen LogP contribution is -1.98. The van der Waals surface area contributed by atoms with E-state index in [1.54, 1.807) is 6.07 Å². The van der Waals surface area contributed by atoms with E-state index in [-0.39, 0.29) is 16.4 Å². The molecule has 5 nitrogen and oxygen atoms in total. The van der Waals surface area contributed by atoms with Crippen LogP contribution < -0.4 is 10.5 Å². The molecule has 0 aliphatic rings. The Morgan fingerprint density at radius 2 is 2.10 bits per heavy atom. The Morgan fingerprint density at radius 1 is 1.35 bits per heavy atom. The predicted molar refractivity (Wildman–Crippen MR) is 78.4 cm³/mol. The van der Waals surface area contributed by atoms with E-state index in [1.807, 2.05) is 25.1 Å². The molecule has 0 aliphatic carbocycles. The van der Waals surface area contributed by atoms with Crippen molar-refractivity contribution in [1.82, 2.24) is 0 Å². The van der Waals surface area contributed by atoms with Crippen LogP contribution in [-0.2, 0) is 6.42 Å². The van der Waals surface area contributed by atoms with Crippen LogP contribution in [0.15, 0.2) is 36.4 Å². The average Bonchev–Trinajstić information content (AvgIpc) is 2.44. The van der Waals surface area contributed by atoms with Crippen LogP contribution in [0.3, 0.4) is 0 Å². The Morgan fingerprint density at radius 3 is 2.75 bits per heavy atom. The molecule has 2 aromatic carbocycles. The van der Waals surface area contributed by atoms with Gasteiger partial charge >= 0.3 is 0 Å². The summed E-state index contributed by atoms with van der Waals surface area (Å²) in [5.41, 5.74) is 6.43. The molecule has 0 radical (unpaired) electrons. The molecule has 0 saturated carbocycles. The van der Waals surface area contributed by atoms with Gasteiger partial charge in [0, 0.05) is 6.07 Å². The summed E-state index contributed by atoms with van der Waals surface area (Å²) in [5.74, 6) is 0.905. The first kappa shape index (κ1) is 14.1. The average molecular weight is 293 g/mol. The third kappa shape index (κ3) is 2.83. The van der Waals surface area contributed by atoms with E-state index >= 15 is 0 Å². The van der Waals surface area contributed by atoms with Crippen molar-refractivity contribution in [3.63, 3.8) is 0 Å². The van der Waals surface area contributed by atoms with Gasteiger partial charge < -0.3 is 10.5 Å². The van der Waals surface area contributed by atoms with Gasteiger partial charge in [0.05, 0.1) is 4.92 Å². The molecular formula is C14H13ClN2O3. The van der Waals surface area contributed by atoms with Crippen LogP contribution in [0.2, 0.25) is 5.02 Å². The van der Waals surface area contributed by atoms with Gasteiger partial charge in [-0.25, -0.2) is 0 Å². The normalized spacial score (nSPS) is 10.3. The monoisotopic (exact) mass is 292 g/mol. The number of hydrogen-bond donors (Lipinski definition) is 1. The number of anilines is 1. The number of nitrogens with zero attached hydrogens (tertiary/aromatic N) is 1. The maximum Gasteiger partial charge on any atom is 0.293 e. The molecule has 20 heavy (non-hydrogen) atoms. The summed E-state index contributed by atoms with van der Waals surface area (Å²) in [6.07, 6.45) is 0.882. The Labute approximate surface area is 121 Å². The maximum atomic E-state index is 10.8. The number of rotatable bonds is 4. The number of halogens is 1. The van der Waals surface area contributed by atoms with Crippen molar-refractivity contribution in [2.24, 2.45) is 0 Å². The lowest BCUT2D eigenvalue weighted by molar-refractivity contribution is -0.383. The van der Waals surface area contributed by atoms with Gasteiger partial charge in [-0.05, 0) is 30.2 Å². The van der Waals surface area contributed by atoms with Crippen molar-refractivity contribution in [2.45, 2.75) is 13.3 Å². The molecule has 0 bridgehead atoms. The van der Waals surface area contributed by atoms with Crippen LogP contribution in [0.1, 0.15) is 12.5 Å². The minimum atomic E-state index is -0.581. The van der Waals surface area contributed by atoms with Gasteiger partial charge in [-0.3, -0.25) is 10.1 Å². The zero-order valence-corrected chi connectivity index (χ0v) is 11.6. The number of aryl methyl sites for hydroxylation is 1. The molecule has 104 valence electrons. The standard InChI is InChI=1S/C14H13ClN2O3/c1-2-9-4-3-5-10(8-9)20-12-7-6-11(17(18)19)14(16)13(12)15/h3-8H,2,16H2,1H3. The fourth-order valence-electron chi connectivity index (χ4n) is 1.76. The molecule has 0 unspecified atom stereocenters. The quantitative estimate of drug-likeness (QED) is 0.521. The summed E-state index contributed by atoms with van der Waals surface area (Å²) in [4.78, 5) is 10.2. The molecule has 0 atom stereocenters. The zero-order chi connectivity index (χ0) is 14.7. The van der Waals surface area contributed by atoms with Crippen LogP contribution in [0.4, 0.5) is 11.4 Å². The second kappa shape index (κ2) is 5.79. The molecule has 0 aliphatic heterocycles. The van der Waals surface area contributed by atoms with Crippen molar-refractivity contribution in [3.8, 4) is 11.5 Å². The minimum Gasteiger partial charge on any atom is -0.456 e. The number of nitro benzene ring substituents is 1. The summed E-state index contributed by atoms with van der Waals surface area (Å²) >= 11 is 6.01. The molecule has 2 N–H and O–H groups in total. The van der Waals surface area contributed by atoms with Gasteiger partial charge in [-0.15, -0.1) is 0 Å². The van der Waals surface area contributed by atoms with Crippen molar-refractivity contribution in [1.29, 1.82) is 0 Å². The molecule has 0 saturated heterocycles. The SMILES string of the molecule is CCc1cccc(Oc2ccc([N+](=O)[O-])c(N)c2Cl)c1. The van der Waals surface area contributed by atoms with Gasteiger partial charge in [0.1, 0.15) is 22.2 Å². The number of benzene rings is 2. The van der Waals surface area contributed by atoms with Gasteiger partial charge in [0.25, 0.3) is 5.69 Å². The third-order valence-corrected chi connectivity index (χ3v) is 3.24. The van der Waals surface area contributed by atoms with E-state index in [0.717, 1.165) is 12.0 Å². The molecule has 0 fully saturated rings. The molecular weight excluding hydrogens is 280 g/mol. The van der Waals surface area contributed by atoms with Gasteiger partial charge in [-0.2, -0.15) is 0 Å². The number of nitrogens with two attached hydrogens (primary N) is 1. The first-order valence-electron chi connectivity index (χ1n) is 6.02. The topological polar surface area (TPSA) is 78.4 Å². The molecule has 2 rings (SSSR count). The van der Waals surface area contributed by atoms with Crippen LogP contribution in [-0.4, -0.2) is 4.92 Å². The van der Waals surface area contributed by atoms with Crippen molar-refractivity contribution in [3.05, 3.63) is 57.1 Å². The highest BCUT2D eigenvalue weighted by molar-refractivity contribution is 6.35. The third-order valence-electron chi connectivity index (χ3n) is 2.85. The summed E-state index contributed by atoms with van der Waals surface area (Å²) < 4.78 is 5.63. The number of nitro groups is 1. The van der Waals surface area contributed by atoms with Crippen LogP contribution in [0, 0.1) is 10.1 Å². The number of hydrogen-bond acceptors (Lipinski definition) is 4. The van der Waals surface area contributed by atoms with E-state index in [0.29, 0.717) is 11.5 Å². The van der Waals surface area contributed by atoms with Crippen molar-refractivity contribution in [2.75, 3.05) is 5.73 Å². The van der Waals surface area contributed by atoms with Crippen LogP contribution >= 0.6 is 11.6 Å². The second-order valence-corrected chi connectivity index (χ2v) is 4.55. The smallest absolute Gasteiger partial charge is 0.293 e. The van der Waals surface area contributed by atoms with Gasteiger partial charge in [0.15, 0.2) is 0 Å². The highest BCUT2D eigenvalue weighted by Crippen LogP contribution is 2.38. The summed E-state index contributed by atoms with van der Waals surface area (Å²) in [5, 5.41) is 10.8. The fourth-order valence-corrected chi connectivity index (χ4v) is 1.96. The molecule has 0 heterocycles. The van der Waals surface area contributed by atoms with Crippen LogP contribution in [0.5, 0.6) is 11.5 Å². The Kier molecular flexibility index (Phi) is 4.10. The highest BCUT2D eigenvalue weighted by Gasteiger charge is 2.18. The molecule has 0 aromatic heterocycles. The molecule has 0 amide bonds. The maximum absolute atomic E-state index is 10.8. The van der Waals surface area contributed by atoms with E-state index in [2.05, 4.69) is 0 Å². The van der Waals surface area contributed by atoms with Crippen molar-refractivity contribution >= 4 is 23.0 Å². The van der Waals surface area contributed by atoms with E-state index in [1.165, 1.54) is 12.1 Å². The van der Waals surface area contributed by atoms with Crippen molar-refractivity contribution < 1.29 is 9.66 Å². The Bertz CT molecular complexity index is 659. The zero-order valence-electron chi connectivity index (χ0n) is 10.8. The number of ether oxygens (including phenoxy) is 1. The Hall–Kier alpha value is -2.27. The Balaban J connectivity index is 2.34. The van der Waals surface area contributed by atoms with E-state index in [4.69, 9.17) is 22.1 Å². The summed E-state index contributed by atoms with van der Waals surface area (Å²) in [6.45, 7) is 2.04. The minimum absolute atomic E-state index is 0.0427. The summed E-state index contributed by atoms with van der Waals surface area (Å²) in [6, 6.07) is 10.2. The largest absolute Gasteiger partial charge is 0.456 e. The molecule has 6 heteroatoms. The lowest BCUT2D eigenvalue weighted by atomic mass is 10.2. The number of nitrogen functional groups attached to an aromatic ring is 1. The highest BCUT2D eigenvalue weighted by atomic mass is 35.5. The van der Waals surface area contributed by atoms with E-state index < -0.39 is 4.92 Å². The van der Waals surface area contributed by atoms with E-state index in [9.17, 15) is 10.1 Å². The molecule has 2 aromatic rings.